The number of ether oxygens (including phenoxy) is 1. The van der Waals surface area contributed by atoms with Crippen LogP contribution < -0.4 is 10.1 Å². The Morgan fingerprint density at radius 2 is 2.12 bits per heavy atom. The fourth-order valence-corrected chi connectivity index (χ4v) is 2.06. The van der Waals surface area contributed by atoms with Crippen molar-refractivity contribution in [3.63, 3.8) is 0 Å². The van der Waals surface area contributed by atoms with Gasteiger partial charge in [0, 0.05) is 23.2 Å². The lowest BCUT2D eigenvalue weighted by Gasteiger charge is -2.15. The highest BCUT2D eigenvalue weighted by molar-refractivity contribution is 6.32. The first-order chi connectivity index (χ1) is 7.63. The average Bonchev–Trinajstić information content (AvgIpc) is 3.08. The third-order valence-electron chi connectivity index (χ3n) is 3.14. The van der Waals surface area contributed by atoms with Gasteiger partial charge < -0.3 is 10.1 Å². The van der Waals surface area contributed by atoms with E-state index in [1.165, 1.54) is 18.4 Å². The van der Waals surface area contributed by atoms with Crippen LogP contribution in [0.25, 0.3) is 0 Å². The van der Waals surface area contributed by atoms with Gasteiger partial charge in [-0.05, 0) is 43.9 Å². The molecule has 0 aromatic heterocycles. The van der Waals surface area contributed by atoms with Crippen LogP contribution in [-0.2, 0) is 6.54 Å². The van der Waals surface area contributed by atoms with E-state index in [0.717, 1.165) is 28.4 Å². The molecule has 1 aliphatic carbocycles. The van der Waals surface area contributed by atoms with E-state index in [1.807, 2.05) is 13.0 Å². The van der Waals surface area contributed by atoms with Gasteiger partial charge in [0.2, 0.25) is 0 Å². The Morgan fingerprint density at radius 1 is 1.44 bits per heavy atom. The Kier molecular flexibility index (Phi) is 3.41. The third kappa shape index (κ3) is 2.33. The number of nitrogens with one attached hydrogen (secondary N) is 1. The van der Waals surface area contributed by atoms with Crippen LogP contribution in [0, 0.1) is 13.8 Å². The van der Waals surface area contributed by atoms with E-state index in [-0.39, 0.29) is 0 Å². The predicted molar refractivity (Wildman–Crippen MR) is 67.3 cm³/mol. The normalized spacial score (nSPS) is 15.2. The summed E-state index contributed by atoms with van der Waals surface area (Å²) >= 11 is 6.26. The lowest BCUT2D eigenvalue weighted by Crippen LogP contribution is -2.17. The van der Waals surface area contributed by atoms with Crippen molar-refractivity contribution in [1.82, 2.24) is 5.32 Å². The van der Waals surface area contributed by atoms with Crippen LogP contribution in [0.2, 0.25) is 5.02 Å². The molecule has 1 saturated carbocycles. The summed E-state index contributed by atoms with van der Waals surface area (Å²) in [6.45, 7) is 4.91. The lowest BCUT2D eigenvalue weighted by atomic mass is 10.0. The second-order valence-electron chi connectivity index (χ2n) is 4.47. The summed E-state index contributed by atoms with van der Waals surface area (Å²) in [5, 5.41) is 4.35. The van der Waals surface area contributed by atoms with Gasteiger partial charge in [-0.15, -0.1) is 0 Å². The zero-order valence-corrected chi connectivity index (χ0v) is 10.8. The van der Waals surface area contributed by atoms with Gasteiger partial charge in [-0.2, -0.15) is 0 Å². The molecule has 1 aromatic rings. The highest BCUT2D eigenvalue weighted by Crippen LogP contribution is 2.32. The van der Waals surface area contributed by atoms with Crippen LogP contribution in [0.15, 0.2) is 6.07 Å². The molecular weight excluding hydrogens is 222 g/mol. The number of aryl methyl sites for hydroxylation is 1. The SMILES string of the molecule is COc1cc(C)c(Cl)c(C)c1CNC1CC1. The maximum Gasteiger partial charge on any atom is 0.123 e. The molecule has 2 nitrogen and oxygen atoms in total. The van der Waals surface area contributed by atoms with Gasteiger partial charge in [0.25, 0.3) is 0 Å². The fraction of sp³-hybridized carbons (Fsp3) is 0.538. The first-order valence-electron chi connectivity index (χ1n) is 5.69. The highest BCUT2D eigenvalue weighted by Gasteiger charge is 2.21. The number of methoxy groups -OCH3 is 1. The molecule has 3 heteroatoms. The Labute approximate surface area is 102 Å². The Hall–Kier alpha value is -0.730. The Balaban J connectivity index is 2.27. The minimum absolute atomic E-state index is 0.698. The second kappa shape index (κ2) is 4.64. The van der Waals surface area contributed by atoms with Crippen LogP contribution in [-0.4, -0.2) is 13.2 Å². The molecule has 1 aromatic carbocycles. The van der Waals surface area contributed by atoms with E-state index in [9.17, 15) is 0 Å². The van der Waals surface area contributed by atoms with Crippen molar-refractivity contribution in [2.75, 3.05) is 7.11 Å². The van der Waals surface area contributed by atoms with Crippen LogP contribution >= 0.6 is 11.6 Å². The number of halogens is 1. The van der Waals surface area contributed by atoms with E-state index < -0.39 is 0 Å². The van der Waals surface area contributed by atoms with Gasteiger partial charge in [-0.25, -0.2) is 0 Å². The van der Waals surface area contributed by atoms with Gasteiger partial charge in [0.1, 0.15) is 5.75 Å². The van der Waals surface area contributed by atoms with Gasteiger partial charge >= 0.3 is 0 Å². The van der Waals surface area contributed by atoms with E-state index in [2.05, 4.69) is 12.2 Å². The number of rotatable bonds is 4. The highest BCUT2D eigenvalue weighted by atomic mass is 35.5. The van der Waals surface area contributed by atoms with Gasteiger partial charge in [0.15, 0.2) is 0 Å². The van der Waals surface area contributed by atoms with E-state index >= 15 is 0 Å². The summed E-state index contributed by atoms with van der Waals surface area (Å²) in [4.78, 5) is 0. The molecule has 1 N–H and O–H groups in total. The first-order valence-corrected chi connectivity index (χ1v) is 6.07. The van der Waals surface area contributed by atoms with Gasteiger partial charge in [-0.3, -0.25) is 0 Å². The molecule has 0 unspecified atom stereocenters. The number of hydrogen-bond acceptors (Lipinski definition) is 2. The van der Waals surface area contributed by atoms with Crippen LogP contribution in [0.1, 0.15) is 29.5 Å². The number of benzene rings is 1. The monoisotopic (exact) mass is 239 g/mol. The van der Waals surface area contributed by atoms with Crippen molar-refractivity contribution >= 4 is 11.6 Å². The fourth-order valence-electron chi connectivity index (χ4n) is 1.90. The van der Waals surface area contributed by atoms with E-state index in [4.69, 9.17) is 16.3 Å². The Bertz CT molecular complexity index is 399. The summed E-state index contributed by atoms with van der Waals surface area (Å²) in [6, 6.07) is 2.71. The minimum Gasteiger partial charge on any atom is -0.496 e. The molecular formula is C13H18ClNO. The molecule has 16 heavy (non-hydrogen) atoms. The minimum atomic E-state index is 0.698. The predicted octanol–water partition coefficient (Wildman–Crippen LogP) is 3.22. The lowest BCUT2D eigenvalue weighted by molar-refractivity contribution is 0.406. The molecule has 1 fully saturated rings. The molecule has 0 radical (unpaired) electrons. The largest absolute Gasteiger partial charge is 0.496 e. The topological polar surface area (TPSA) is 21.3 Å². The summed E-state index contributed by atoms with van der Waals surface area (Å²) in [7, 11) is 1.71. The number of hydrogen-bond donors (Lipinski definition) is 1. The molecule has 0 saturated heterocycles. The maximum absolute atomic E-state index is 6.26. The smallest absolute Gasteiger partial charge is 0.123 e. The quantitative estimate of drug-likeness (QED) is 0.871. The van der Waals surface area contributed by atoms with E-state index in [0.29, 0.717) is 6.04 Å². The third-order valence-corrected chi connectivity index (χ3v) is 3.72. The second-order valence-corrected chi connectivity index (χ2v) is 4.85. The Morgan fingerprint density at radius 3 is 2.69 bits per heavy atom. The molecule has 88 valence electrons. The average molecular weight is 240 g/mol. The molecule has 0 heterocycles. The van der Waals surface area contributed by atoms with Crippen molar-refractivity contribution in [3.8, 4) is 5.75 Å². The molecule has 0 atom stereocenters. The molecule has 0 spiro atoms. The maximum atomic E-state index is 6.26. The first kappa shape index (κ1) is 11.7. The molecule has 2 rings (SSSR count). The standard InChI is InChI=1S/C13H18ClNO/c1-8-6-12(16-3)11(9(2)13(8)14)7-15-10-4-5-10/h6,10,15H,4-5,7H2,1-3H3. The van der Waals surface area contributed by atoms with Crippen LogP contribution in [0.4, 0.5) is 0 Å². The molecule has 1 aliphatic rings. The van der Waals surface area contributed by atoms with Crippen molar-refractivity contribution in [2.24, 2.45) is 0 Å². The molecule has 0 aliphatic heterocycles. The summed E-state index contributed by atoms with van der Waals surface area (Å²) < 4.78 is 5.42. The van der Waals surface area contributed by atoms with Crippen molar-refractivity contribution in [1.29, 1.82) is 0 Å². The summed E-state index contributed by atoms with van der Waals surface area (Å²) in [5.41, 5.74) is 3.39. The van der Waals surface area contributed by atoms with Gasteiger partial charge in [0.05, 0.1) is 7.11 Å². The van der Waals surface area contributed by atoms with Crippen LogP contribution in [0.5, 0.6) is 5.75 Å². The van der Waals surface area contributed by atoms with Gasteiger partial charge in [-0.1, -0.05) is 11.6 Å². The zero-order valence-electron chi connectivity index (χ0n) is 10.1. The van der Waals surface area contributed by atoms with Crippen molar-refractivity contribution in [3.05, 3.63) is 27.8 Å². The summed E-state index contributed by atoms with van der Waals surface area (Å²) in [6.07, 6.45) is 2.59. The molecule has 0 bridgehead atoms. The van der Waals surface area contributed by atoms with Crippen molar-refractivity contribution in [2.45, 2.75) is 39.3 Å². The molecule has 0 amide bonds. The van der Waals surface area contributed by atoms with Crippen molar-refractivity contribution < 1.29 is 4.74 Å². The van der Waals surface area contributed by atoms with Crippen LogP contribution in [0.3, 0.4) is 0 Å². The zero-order chi connectivity index (χ0) is 11.7. The summed E-state index contributed by atoms with van der Waals surface area (Å²) in [5.74, 6) is 0.938. The van der Waals surface area contributed by atoms with E-state index in [1.54, 1.807) is 7.11 Å².